The topological polar surface area (TPSA) is 59.4 Å². The minimum Gasteiger partial charge on any atom is -0.377 e. The van der Waals surface area contributed by atoms with E-state index in [-0.39, 0.29) is 11.9 Å². The lowest BCUT2D eigenvalue weighted by Gasteiger charge is -2.26. The molecule has 2 amide bonds. The average molecular weight is 318 g/mol. The molecule has 3 rings (SSSR count). The Morgan fingerprint density at radius 3 is 3.04 bits per heavy atom. The van der Waals surface area contributed by atoms with Crippen molar-refractivity contribution in [3.8, 4) is 0 Å². The van der Waals surface area contributed by atoms with Crippen LogP contribution in [-0.4, -0.2) is 46.3 Å². The van der Waals surface area contributed by atoms with Crippen molar-refractivity contribution in [3.05, 3.63) is 30.9 Å². The number of nitrogens with zero attached hydrogens (tertiary/aromatic N) is 3. The van der Waals surface area contributed by atoms with E-state index in [1.54, 1.807) is 12.3 Å². The molecule has 0 unspecified atom stereocenters. The van der Waals surface area contributed by atoms with Crippen LogP contribution in [0.15, 0.2) is 25.0 Å². The summed E-state index contributed by atoms with van der Waals surface area (Å²) in [5, 5.41) is 3.18. The van der Waals surface area contributed by atoms with Gasteiger partial charge in [-0.05, 0) is 12.8 Å². The van der Waals surface area contributed by atoms with E-state index in [4.69, 9.17) is 4.74 Å². The summed E-state index contributed by atoms with van der Waals surface area (Å²) in [6, 6.07) is 0.364. The second-order valence-electron chi connectivity index (χ2n) is 6.50. The number of ether oxygens (including phenoxy) is 1. The standard InChI is InChI=1S/C17H26N4O2/c1-2-9-23-13-14-10-20-8-7-18-16(20)12-21(11-14)17(22)19-15-5-3-4-6-15/h2,7-8,14-15H,1,3-6,9-13H2,(H,19,22)/t14-/m1/s1. The molecule has 6 heteroatoms. The first-order valence-electron chi connectivity index (χ1n) is 8.50. The fourth-order valence-corrected chi connectivity index (χ4v) is 3.45. The van der Waals surface area contributed by atoms with Crippen LogP contribution in [0.2, 0.25) is 0 Å². The molecule has 1 saturated carbocycles. The van der Waals surface area contributed by atoms with Crippen LogP contribution >= 0.6 is 0 Å². The molecular formula is C17H26N4O2. The van der Waals surface area contributed by atoms with Crippen LogP contribution in [0.3, 0.4) is 0 Å². The number of nitrogens with one attached hydrogen (secondary N) is 1. The average Bonchev–Trinajstić information content (AvgIpc) is 3.16. The molecule has 1 N–H and O–H groups in total. The van der Waals surface area contributed by atoms with Gasteiger partial charge in [0.15, 0.2) is 0 Å². The first kappa shape index (κ1) is 16.1. The van der Waals surface area contributed by atoms with E-state index in [9.17, 15) is 4.79 Å². The maximum Gasteiger partial charge on any atom is 0.318 e. The molecule has 1 aromatic rings. The second kappa shape index (κ2) is 7.64. The summed E-state index contributed by atoms with van der Waals surface area (Å²) in [4.78, 5) is 18.9. The summed E-state index contributed by atoms with van der Waals surface area (Å²) in [6.45, 7) is 6.93. The number of imidazole rings is 1. The van der Waals surface area contributed by atoms with Gasteiger partial charge in [0.25, 0.3) is 0 Å². The second-order valence-corrected chi connectivity index (χ2v) is 6.50. The Morgan fingerprint density at radius 2 is 2.26 bits per heavy atom. The molecule has 1 fully saturated rings. The summed E-state index contributed by atoms with van der Waals surface area (Å²) in [7, 11) is 0. The summed E-state index contributed by atoms with van der Waals surface area (Å²) < 4.78 is 7.75. The van der Waals surface area contributed by atoms with Crippen molar-refractivity contribution in [1.82, 2.24) is 19.8 Å². The maximum absolute atomic E-state index is 12.6. The number of hydrogen-bond donors (Lipinski definition) is 1. The summed E-state index contributed by atoms with van der Waals surface area (Å²) in [5.41, 5.74) is 0. The van der Waals surface area contributed by atoms with Crippen LogP contribution in [0, 0.1) is 5.92 Å². The largest absolute Gasteiger partial charge is 0.377 e. The van der Waals surface area contributed by atoms with Crippen molar-refractivity contribution >= 4 is 6.03 Å². The number of hydrogen-bond acceptors (Lipinski definition) is 3. The van der Waals surface area contributed by atoms with Gasteiger partial charge in [-0.1, -0.05) is 18.9 Å². The monoisotopic (exact) mass is 318 g/mol. The van der Waals surface area contributed by atoms with Crippen molar-refractivity contribution < 1.29 is 9.53 Å². The van der Waals surface area contributed by atoms with Crippen LogP contribution < -0.4 is 5.32 Å². The lowest BCUT2D eigenvalue weighted by atomic mass is 10.1. The molecule has 0 aromatic carbocycles. The molecule has 1 aromatic heterocycles. The molecule has 126 valence electrons. The minimum absolute atomic E-state index is 0.0297. The van der Waals surface area contributed by atoms with Gasteiger partial charge in [0.2, 0.25) is 0 Å². The molecule has 2 aliphatic rings. The van der Waals surface area contributed by atoms with Crippen LogP contribution in [0.4, 0.5) is 4.79 Å². The zero-order valence-corrected chi connectivity index (χ0v) is 13.6. The Balaban J connectivity index is 1.65. The van der Waals surface area contributed by atoms with Gasteiger partial charge >= 0.3 is 6.03 Å². The number of rotatable bonds is 5. The number of carbonyl (C=O) groups excluding carboxylic acids is 1. The van der Waals surface area contributed by atoms with E-state index in [0.717, 1.165) is 25.2 Å². The number of fused-ring (bicyclic) bond motifs is 1. The molecule has 0 spiro atoms. The molecule has 1 atom stereocenters. The highest BCUT2D eigenvalue weighted by Crippen LogP contribution is 2.20. The van der Waals surface area contributed by atoms with E-state index < -0.39 is 0 Å². The SMILES string of the molecule is C=CCOC[C@H]1CN(C(=O)NC2CCCC2)Cc2nccn2C1. The van der Waals surface area contributed by atoms with E-state index in [1.807, 2.05) is 11.1 Å². The van der Waals surface area contributed by atoms with Gasteiger partial charge in [0.05, 0.1) is 19.8 Å². The number of amides is 2. The molecule has 6 nitrogen and oxygen atoms in total. The highest BCUT2D eigenvalue weighted by atomic mass is 16.5. The number of urea groups is 1. The van der Waals surface area contributed by atoms with Gasteiger partial charge in [-0.15, -0.1) is 6.58 Å². The van der Waals surface area contributed by atoms with Gasteiger partial charge in [0.1, 0.15) is 5.82 Å². The third-order valence-electron chi connectivity index (χ3n) is 4.63. The lowest BCUT2D eigenvalue weighted by molar-refractivity contribution is 0.100. The van der Waals surface area contributed by atoms with E-state index in [1.165, 1.54) is 12.8 Å². The smallest absolute Gasteiger partial charge is 0.318 e. The normalized spacial score (nSPS) is 21.7. The van der Waals surface area contributed by atoms with Crippen molar-refractivity contribution in [1.29, 1.82) is 0 Å². The quantitative estimate of drug-likeness (QED) is 0.668. The Bertz CT molecular complexity index is 536. The Kier molecular flexibility index (Phi) is 5.33. The van der Waals surface area contributed by atoms with Gasteiger partial charge in [-0.25, -0.2) is 9.78 Å². The van der Waals surface area contributed by atoms with Crippen LogP contribution in [0.1, 0.15) is 31.5 Å². The molecule has 23 heavy (non-hydrogen) atoms. The summed E-state index contributed by atoms with van der Waals surface area (Å²) in [6.07, 6.45) is 10.2. The fraction of sp³-hybridized carbons (Fsp3) is 0.647. The van der Waals surface area contributed by atoms with Gasteiger partial charge in [-0.3, -0.25) is 0 Å². The van der Waals surface area contributed by atoms with Gasteiger partial charge in [-0.2, -0.15) is 0 Å². The predicted molar refractivity (Wildman–Crippen MR) is 87.9 cm³/mol. The molecule has 1 aliphatic carbocycles. The highest BCUT2D eigenvalue weighted by molar-refractivity contribution is 5.74. The fourth-order valence-electron chi connectivity index (χ4n) is 3.45. The third-order valence-corrected chi connectivity index (χ3v) is 4.63. The van der Waals surface area contributed by atoms with E-state index >= 15 is 0 Å². The summed E-state index contributed by atoms with van der Waals surface area (Å²) in [5.74, 6) is 1.21. The van der Waals surface area contributed by atoms with Crippen molar-refractivity contribution in [2.45, 2.75) is 44.8 Å². The zero-order valence-electron chi connectivity index (χ0n) is 13.6. The van der Waals surface area contributed by atoms with E-state index in [0.29, 0.717) is 32.3 Å². The zero-order chi connectivity index (χ0) is 16.1. The van der Waals surface area contributed by atoms with Crippen molar-refractivity contribution in [3.63, 3.8) is 0 Å². The lowest BCUT2D eigenvalue weighted by Crippen LogP contribution is -2.45. The van der Waals surface area contributed by atoms with E-state index in [2.05, 4.69) is 21.4 Å². The molecule has 1 aliphatic heterocycles. The minimum atomic E-state index is 0.0297. The van der Waals surface area contributed by atoms with Crippen molar-refractivity contribution in [2.24, 2.45) is 5.92 Å². The van der Waals surface area contributed by atoms with Crippen LogP contribution in [0.5, 0.6) is 0 Å². The molecule has 0 saturated heterocycles. The van der Waals surface area contributed by atoms with Crippen molar-refractivity contribution in [2.75, 3.05) is 19.8 Å². The highest BCUT2D eigenvalue weighted by Gasteiger charge is 2.27. The number of aromatic nitrogens is 2. The first-order chi connectivity index (χ1) is 11.3. The van der Waals surface area contributed by atoms with Gasteiger partial charge < -0.3 is 19.5 Å². The Morgan fingerprint density at radius 1 is 1.43 bits per heavy atom. The van der Waals surface area contributed by atoms with Gasteiger partial charge in [0, 0.05) is 37.4 Å². The molecule has 0 bridgehead atoms. The molecular weight excluding hydrogens is 292 g/mol. The first-order valence-corrected chi connectivity index (χ1v) is 8.50. The summed E-state index contributed by atoms with van der Waals surface area (Å²) >= 11 is 0. The third kappa shape index (κ3) is 4.13. The molecule has 0 radical (unpaired) electrons. The predicted octanol–water partition coefficient (Wildman–Crippen LogP) is 2.17. The molecule has 2 heterocycles. The Labute approximate surface area is 137 Å². The Hall–Kier alpha value is -1.82. The van der Waals surface area contributed by atoms with Crippen LogP contribution in [0.25, 0.3) is 0 Å². The maximum atomic E-state index is 12.6. The van der Waals surface area contributed by atoms with Crippen LogP contribution in [-0.2, 0) is 17.8 Å². The number of carbonyl (C=O) groups is 1.